The largest absolute Gasteiger partial charge is 0.379 e. The Hall–Kier alpha value is -3.44. The van der Waals surface area contributed by atoms with Gasteiger partial charge < -0.3 is 9.64 Å². The molecule has 2 fully saturated rings. The van der Waals surface area contributed by atoms with Crippen LogP contribution in [0.2, 0.25) is 5.02 Å². The Morgan fingerprint density at radius 2 is 1.52 bits per heavy atom. The fourth-order valence-corrected chi connectivity index (χ4v) is 10.9. The molecule has 0 saturated carbocycles. The highest BCUT2D eigenvalue weighted by Gasteiger charge is 2.30. The smallest absolute Gasteiger partial charge is 0.185 e. The van der Waals surface area contributed by atoms with Gasteiger partial charge in [0.05, 0.1) is 18.1 Å². The number of nitrogens with zero attached hydrogens (tertiary/aromatic N) is 3. The van der Waals surface area contributed by atoms with Crippen LogP contribution >= 0.6 is 23.4 Å². The number of hydrogen-bond donors (Lipinski definition) is 0. The van der Waals surface area contributed by atoms with Crippen LogP contribution in [-0.4, -0.2) is 101 Å². The minimum atomic E-state index is -3.80. The predicted molar refractivity (Wildman–Crippen MR) is 240 cm³/mol. The number of ether oxygens (including phenoxy) is 1. The van der Waals surface area contributed by atoms with Crippen LogP contribution in [0.1, 0.15) is 61.0 Å². The van der Waals surface area contributed by atoms with Gasteiger partial charge in [0.2, 0.25) is 0 Å². The first kappa shape index (κ1) is 42.7. The number of Topliss-reactive ketones (excluding diaryl/α,β-unsaturated/α-hetero) is 1. The minimum absolute atomic E-state index is 0.190. The zero-order chi connectivity index (χ0) is 40.5. The molecular formula is C48H58ClN3O4S2. The highest BCUT2D eigenvalue weighted by atomic mass is 35.5. The van der Waals surface area contributed by atoms with E-state index in [9.17, 15) is 13.2 Å². The quantitative estimate of drug-likeness (QED) is 0.0817. The lowest BCUT2D eigenvalue weighted by Gasteiger charge is -2.39. The van der Waals surface area contributed by atoms with E-state index in [2.05, 4.69) is 64.9 Å². The number of piperazine rings is 1. The molecule has 0 spiro atoms. The van der Waals surface area contributed by atoms with Gasteiger partial charge in [-0.15, -0.1) is 11.8 Å². The second kappa shape index (κ2) is 19.7. The molecule has 58 heavy (non-hydrogen) atoms. The Balaban J connectivity index is 0.915. The summed E-state index contributed by atoms with van der Waals surface area (Å²) in [6, 6.07) is 33.5. The summed E-state index contributed by atoms with van der Waals surface area (Å²) in [6.07, 6.45) is 5.31. The first-order valence-electron chi connectivity index (χ1n) is 20.9. The van der Waals surface area contributed by atoms with Gasteiger partial charge in [0.15, 0.2) is 15.6 Å². The number of ketones is 1. The van der Waals surface area contributed by atoms with E-state index in [1.54, 1.807) is 29.8 Å². The summed E-state index contributed by atoms with van der Waals surface area (Å²) in [6.45, 7) is 14.0. The van der Waals surface area contributed by atoms with Crippen LogP contribution in [0.3, 0.4) is 0 Å². The highest BCUT2D eigenvalue weighted by Crippen LogP contribution is 2.43. The molecule has 2 aliphatic heterocycles. The molecule has 4 aromatic carbocycles. The van der Waals surface area contributed by atoms with Crippen LogP contribution in [0.15, 0.2) is 118 Å². The van der Waals surface area contributed by atoms with E-state index in [4.69, 9.17) is 16.3 Å². The van der Waals surface area contributed by atoms with E-state index in [0.29, 0.717) is 16.9 Å². The third-order valence-electron chi connectivity index (χ3n) is 12.0. The van der Waals surface area contributed by atoms with E-state index < -0.39 is 15.6 Å². The molecule has 0 amide bonds. The molecular weight excluding hydrogens is 782 g/mol. The van der Waals surface area contributed by atoms with Crippen molar-refractivity contribution in [3.8, 4) is 0 Å². The average Bonchev–Trinajstić information content (AvgIpc) is 3.23. The van der Waals surface area contributed by atoms with Crippen molar-refractivity contribution in [1.82, 2.24) is 9.80 Å². The zero-order valence-corrected chi connectivity index (χ0v) is 36.5. The molecule has 0 bridgehead atoms. The molecule has 0 aromatic heterocycles. The Bertz CT molecular complexity index is 2090. The molecule has 7 rings (SSSR count). The van der Waals surface area contributed by atoms with Crippen molar-refractivity contribution >= 4 is 50.2 Å². The van der Waals surface area contributed by atoms with Crippen molar-refractivity contribution in [2.45, 2.75) is 55.7 Å². The van der Waals surface area contributed by atoms with E-state index >= 15 is 0 Å². The summed E-state index contributed by atoms with van der Waals surface area (Å²) in [4.78, 5) is 22.2. The maximum atomic E-state index is 13.5. The van der Waals surface area contributed by atoms with Gasteiger partial charge in [-0.2, -0.15) is 0 Å². The molecule has 7 nitrogen and oxygen atoms in total. The molecule has 0 radical (unpaired) electrons. The molecule has 0 N–H and O–H groups in total. The fraction of sp³-hybridized carbons (Fsp3) is 0.438. The third kappa shape index (κ3) is 11.9. The van der Waals surface area contributed by atoms with Crippen molar-refractivity contribution in [2.75, 3.05) is 82.0 Å². The van der Waals surface area contributed by atoms with Crippen LogP contribution in [0.25, 0.3) is 5.57 Å². The van der Waals surface area contributed by atoms with Crippen molar-refractivity contribution < 1.29 is 17.9 Å². The molecule has 0 unspecified atom stereocenters. The lowest BCUT2D eigenvalue weighted by molar-refractivity contribution is 0.0358. The van der Waals surface area contributed by atoms with Gasteiger partial charge in [-0.25, -0.2) is 8.42 Å². The summed E-state index contributed by atoms with van der Waals surface area (Å²) in [7, 11) is -3.80. The van der Waals surface area contributed by atoms with Gasteiger partial charge in [-0.05, 0) is 127 Å². The number of carbonyl (C=O) groups is 1. The van der Waals surface area contributed by atoms with Crippen molar-refractivity contribution in [2.24, 2.45) is 11.3 Å². The molecule has 3 aliphatic rings. The second-order valence-corrected chi connectivity index (χ2v) is 20.5. The average molecular weight is 841 g/mol. The highest BCUT2D eigenvalue weighted by molar-refractivity contribution is 7.99. The summed E-state index contributed by atoms with van der Waals surface area (Å²) in [5, 5.41) is 0.770. The predicted octanol–water partition coefficient (Wildman–Crippen LogP) is 9.46. The van der Waals surface area contributed by atoms with E-state index in [0.717, 1.165) is 113 Å². The van der Waals surface area contributed by atoms with Gasteiger partial charge in [-0.1, -0.05) is 73.5 Å². The Labute approximate surface area is 355 Å². The van der Waals surface area contributed by atoms with E-state index in [-0.39, 0.29) is 10.7 Å². The zero-order valence-electron chi connectivity index (χ0n) is 34.1. The number of rotatable bonds is 16. The SMILES string of the molecule is CC1(C)CCC(c2ccc(Cl)cc2)=C(CN2CCN(c3ccc(C(=O)CS(=O)(=O)c4ccc(C[C@H](CCN5CCOCC5)CSc5ccccc5)cc4)cc3)CC2)C1. The molecule has 2 heterocycles. The van der Waals surface area contributed by atoms with Crippen molar-refractivity contribution in [1.29, 1.82) is 0 Å². The molecule has 308 valence electrons. The van der Waals surface area contributed by atoms with Crippen LogP contribution in [0.4, 0.5) is 5.69 Å². The van der Waals surface area contributed by atoms with Gasteiger partial charge >= 0.3 is 0 Å². The number of sulfone groups is 1. The number of hydrogen-bond acceptors (Lipinski definition) is 8. The molecule has 1 atom stereocenters. The van der Waals surface area contributed by atoms with E-state index in [1.165, 1.54) is 22.5 Å². The monoisotopic (exact) mass is 839 g/mol. The van der Waals surface area contributed by atoms with Crippen LogP contribution in [0.5, 0.6) is 0 Å². The summed E-state index contributed by atoms with van der Waals surface area (Å²) >= 11 is 8.08. The van der Waals surface area contributed by atoms with Crippen molar-refractivity contribution in [3.63, 3.8) is 0 Å². The number of anilines is 1. The first-order chi connectivity index (χ1) is 28.0. The number of allylic oxidation sites excluding steroid dienone is 1. The lowest BCUT2D eigenvalue weighted by atomic mass is 9.73. The van der Waals surface area contributed by atoms with Crippen LogP contribution in [0, 0.1) is 11.3 Å². The maximum absolute atomic E-state index is 13.5. The third-order valence-corrected chi connectivity index (χ3v) is 15.1. The fourth-order valence-electron chi connectivity index (χ4n) is 8.53. The van der Waals surface area contributed by atoms with Crippen LogP contribution < -0.4 is 4.90 Å². The van der Waals surface area contributed by atoms with Gasteiger partial charge in [-0.3, -0.25) is 14.6 Å². The number of morpholine rings is 1. The van der Waals surface area contributed by atoms with Gasteiger partial charge in [0, 0.05) is 72.7 Å². The minimum Gasteiger partial charge on any atom is -0.379 e. The van der Waals surface area contributed by atoms with Gasteiger partial charge in [0.25, 0.3) is 0 Å². The summed E-state index contributed by atoms with van der Waals surface area (Å²) < 4.78 is 32.5. The number of thioether (sulfide) groups is 1. The Morgan fingerprint density at radius 1 is 0.828 bits per heavy atom. The van der Waals surface area contributed by atoms with Crippen molar-refractivity contribution in [3.05, 3.63) is 130 Å². The molecule has 2 saturated heterocycles. The Kier molecular flexibility index (Phi) is 14.5. The van der Waals surface area contributed by atoms with Gasteiger partial charge in [0.1, 0.15) is 5.75 Å². The number of benzene rings is 4. The maximum Gasteiger partial charge on any atom is 0.185 e. The number of carbonyl (C=O) groups excluding carboxylic acids is 1. The molecule has 1 aliphatic carbocycles. The summed E-state index contributed by atoms with van der Waals surface area (Å²) in [5.41, 5.74) is 7.19. The standard InChI is InChI=1S/C48H58ClN3O4S2/c1-48(2)22-20-46(39-10-14-42(49)15-11-39)41(33-48)34-51-24-26-52(27-25-51)43-16-12-40(13-17-43)47(53)36-58(54,55)45-18-8-37(9-19-45)32-38(21-23-50-28-30-56-31-29-50)35-57-44-6-4-3-5-7-44/h3-19,38H,20-36H2,1-2H3/t38-/m0/s1. The molecule has 4 aromatic rings. The normalized spacial score (nSPS) is 18.6. The first-order valence-corrected chi connectivity index (χ1v) is 23.9. The second-order valence-electron chi connectivity index (χ2n) is 17.0. The Morgan fingerprint density at radius 3 is 2.21 bits per heavy atom. The van der Waals surface area contributed by atoms with E-state index in [1.807, 2.05) is 54.2 Å². The summed E-state index contributed by atoms with van der Waals surface area (Å²) in [5.74, 6) is 0.485. The topological polar surface area (TPSA) is 70.2 Å². The molecule has 10 heteroatoms. The number of halogens is 1. The van der Waals surface area contributed by atoms with Crippen LogP contribution in [-0.2, 0) is 21.0 Å². The lowest BCUT2D eigenvalue weighted by Crippen LogP contribution is -2.47.